The number of nitrogens with zero attached hydrogens (tertiary/aromatic N) is 1. The molecule has 1 N–H and O–H groups in total. The van der Waals surface area contributed by atoms with Gasteiger partial charge in [-0.05, 0) is 36.6 Å². The Morgan fingerprint density at radius 3 is 2.95 bits per heavy atom. The molecule has 4 nitrogen and oxygen atoms in total. The topological polar surface area (TPSA) is 43.4 Å². The summed E-state index contributed by atoms with van der Waals surface area (Å²) < 4.78 is 11.2. The molecule has 0 bridgehead atoms. The number of aryl methyl sites for hydroxylation is 1. The molecule has 0 saturated carbocycles. The third-order valence-electron chi connectivity index (χ3n) is 3.84. The molecule has 20 heavy (non-hydrogen) atoms. The van der Waals surface area contributed by atoms with Gasteiger partial charge in [0, 0.05) is 18.0 Å². The molecule has 1 aliphatic carbocycles. The highest BCUT2D eigenvalue weighted by molar-refractivity contribution is 5.56. The van der Waals surface area contributed by atoms with Crippen molar-refractivity contribution in [3.63, 3.8) is 0 Å². The standard InChI is InChI=1S/C16H16N2O2/c1-2-11-3-5-13(16(11)17-7-1)18-12-4-6-14-15(10-12)20-9-8-19-14/h1-2,4,6-7,10,13,18H,3,5,8-9H2. The van der Waals surface area contributed by atoms with Crippen molar-refractivity contribution < 1.29 is 9.47 Å². The Bertz CT molecular complexity index is 642. The van der Waals surface area contributed by atoms with E-state index >= 15 is 0 Å². The lowest BCUT2D eigenvalue weighted by molar-refractivity contribution is 0.171. The van der Waals surface area contributed by atoms with Crippen molar-refractivity contribution in [2.45, 2.75) is 18.9 Å². The van der Waals surface area contributed by atoms with E-state index in [1.165, 1.54) is 11.3 Å². The van der Waals surface area contributed by atoms with Gasteiger partial charge in [0.05, 0.1) is 11.7 Å². The van der Waals surface area contributed by atoms with Crippen molar-refractivity contribution in [2.75, 3.05) is 18.5 Å². The van der Waals surface area contributed by atoms with Crippen LogP contribution in [-0.4, -0.2) is 18.2 Å². The van der Waals surface area contributed by atoms with Gasteiger partial charge in [0.25, 0.3) is 0 Å². The summed E-state index contributed by atoms with van der Waals surface area (Å²) in [5.74, 6) is 1.65. The molecule has 0 amide bonds. The summed E-state index contributed by atoms with van der Waals surface area (Å²) in [5, 5.41) is 3.55. The Labute approximate surface area is 117 Å². The zero-order valence-corrected chi connectivity index (χ0v) is 11.1. The third kappa shape index (κ3) is 1.97. The van der Waals surface area contributed by atoms with Crippen molar-refractivity contribution in [3.05, 3.63) is 47.8 Å². The normalized spacial score (nSPS) is 19.5. The number of anilines is 1. The first-order valence-corrected chi connectivity index (χ1v) is 7.00. The first-order chi connectivity index (χ1) is 9.90. The molecule has 102 valence electrons. The lowest BCUT2D eigenvalue weighted by Gasteiger charge is -2.20. The van der Waals surface area contributed by atoms with Gasteiger partial charge in [0.2, 0.25) is 0 Å². The first kappa shape index (κ1) is 11.6. The van der Waals surface area contributed by atoms with E-state index in [4.69, 9.17) is 9.47 Å². The Balaban J connectivity index is 1.58. The van der Waals surface area contributed by atoms with Crippen LogP contribution in [0.25, 0.3) is 0 Å². The highest BCUT2D eigenvalue weighted by Crippen LogP contribution is 2.36. The van der Waals surface area contributed by atoms with Crippen LogP contribution in [0, 0.1) is 0 Å². The first-order valence-electron chi connectivity index (χ1n) is 7.00. The lowest BCUT2D eigenvalue weighted by atomic mass is 10.2. The summed E-state index contributed by atoms with van der Waals surface area (Å²) in [6.45, 7) is 1.24. The average Bonchev–Trinajstić information content (AvgIpc) is 2.91. The zero-order valence-electron chi connectivity index (χ0n) is 11.1. The fourth-order valence-electron chi connectivity index (χ4n) is 2.89. The molecule has 0 radical (unpaired) electrons. The number of aromatic nitrogens is 1. The fraction of sp³-hybridized carbons (Fsp3) is 0.312. The van der Waals surface area contributed by atoms with E-state index < -0.39 is 0 Å². The summed E-state index contributed by atoms with van der Waals surface area (Å²) in [6, 6.07) is 10.5. The van der Waals surface area contributed by atoms with Gasteiger partial charge in [-0.3, -0.25) is 4.98 Å². The van der Waals surface area contributed by atoms with Gasteiger partial charge >= 0.3 is 0 Å². The highest BCUT2D eigenvalue weighted by Gasteiger charge is 2.23. The maximum atomic E-state index is 5.62. The molecule has 0 fully saturated rings. The number of pyridine rings is 1. The number of hydrogen-bond acceptors (Lipinski definition) is 4. The van der Waals surface area contributed by atoms with E-state index in [1.807, 2.05) is 30.5 Å². The van der Waals surface area contributed by atoms with Crippen LogP contribution in [0.5, 0.6) is 11.5 Å². The SMILES string of the molecule is c1cnc2c(c1)CCC2Nc1ccc2c(c1)OCCO2. The summed E-state index contributed by atoms with van der Waals surface area (Å²) in [4.78, 5) is 4.51. The van der Waals surface area contributed by atoms with Crippen molar-refractivity contribution in [2.24, 2.45) is 0 Å². The predicted octanol–water partition coefficient (Wildman–Crippen LogP) is 2.95. The van der Waals surface area contributed by atoms with E-state index in [2.05, 4.69) is 16.4 Å². The van der Waals surface area contributed by atoms with Crippen LogP contribution in [-0.2, 0) is 6.42 Å². The second-order valence-electron chi connectivity index (χ2n) is 5.14. The minimum absolute atomic E-state index is 0.286. The van der Waals surface area contributed by atoms with Crippen LogP contribution >= 0.6 is 0 Å². The highest BCUT2D eigenvalue weighted by atomic mass is 16.6. The molecule has 4 heteroatoms. The third-order valence-corrected chi connectivity index (χ3v) is 3.84. The molecule has 2 heterocycles. The number of hydrogen-bond donors (Lipinski definition) is 1. The largest absolute Gasteiger partial charge is 0.486 e. The van der Waals surface area contributed by atoms with Crippen LogP contribution in [0.15, 0.2) is 36.5 Å². The summed E-state index contributed by atoms with van der Waals surface area (Å²) in [6.07, 6.45) is 4.04. The van der Waals surface area contributed by atoms with E-state index in [-0.39, 0.29) is 6.04 Å². The van der Waals surface area contributed by atoms with Crippen LogP contribution in [0.1, 0.15) is 23.7 Å². The number of nitrogens with one attached hydrogen (secondary N) is 1. The maximum Gasteiger partial charge on any atom is 0.163 e. The summed E-state index contributed by atoms with van der Waals surface area (Å²) in [5.41, 5.74) is 3.57. The second kappa shape index (κ2) is 4.71. The van der Waals surface area contributed by atoms with Gasteiger partial charge in [-0.25, -0.2) is 0 Å². The number of rotatable bonds is 2. The molecule has 1 aromatic heterocycles. The monoisotopic (exact) mass is 268 g/mol. The molecular formula is C16H16N2O2. The molecule has 2 aliphatic rings. The molecular weight excluding hydrogens is 252 g/mol. The molecule has 0 spiro atoms. The van der Waals surface area contributed by atoms with E-state index in [0.717, 1.165) is 30.0 Å². The van der Waals surface area contributed by atoms with Crippen molar-refractivity contribution >= 4 is 5.69 Å². The van der Waals surface area contributed by atoms with Crippen molar-refractivity contribution in [1.29, 1.82) is 0 Å². The lowest BCUT2D eigenvalue weighted by Crippen LogP contribution is -2.15. The van der Waals surface area contributed by atoms with E-state index in [0.29, 0.717) is 13.2 Å². The van der Waals surface area contributed by atoms with E-state index in [9.17, 15) is 0 Å². The Morgan fingerprint density at radius 2 is 2.00 bits per heavy atom. The molecule has 1 aliphatic heterocycles. The minimum Gasteiger partial charge on any atom is -0.486 e. The Morgan fingerprint density at radius 1 is 1.10 bits per heavy atom. The van der Waals surface area contributed by atoms with Crippen LogP contribution < -0.4 is 14.8 Å². The van der Waals surface area contributed by atoms with Crippen LogP contribution in [0.3, 0.4) is 0 Å². The smallest absolute Gasteiger partial charge is 0.163 e. The molecule has 4 rings (SSSR count). The molecule has 1 unspecified atom stereocenters. The number of fused-ring (bicyclic) bond motifs is 2. The molecule has 2 aromatic rings. The second-order valence-corrected chi connectivity index (χ2v) is 5.14. The molecule has 1 aromatic carbocycles. The average molecular weight is 268 g/mol. The molecule has 1 atom stereocenters. The fourth-order valence-corrected chi connectivity index (χ4v) is 2.89. The Kier molecular flexibility index (Phi) is 2.73. The number of ether oxygens (including phenoxy) is 2. The number of benzene rings is 1. The van der Waals surface area contributed by atoms with Gasteiger partial charge in [-0.15, -0.1) is 0 Å². The summed E-state index contributed by atoms with van der Waals surface area (Å²) in [7, 11) is 0. The van der Waals surface area contributed by atoms with Crippen molar-refractivity contribution in [3.8, 4) is 11.5 Å². The van der Waals surface area contributed by atoms with Gasteiger partial charge < -0.3 is 14.8 Å². The maximum absolute atomic E-state index is 5.62. The molecule has 0 saturated heterocycles. The summed E-state index contributed by atoms with van der Waals surface area (Å²) >= 11 is 0. The Hall–Kier alpha value is -2.23. The zero-order chi connectivity index (χ0) is 13.4. The predicted molar refractivity (Wildman–Crippen MR) is 76.4 cm³/mol. The van der Waals surface area contributed by atoms with Gasteiger partial charge in [0.15, 0.2) is 11.5 Å². The quantitative estimate of drug-likeness (QED) is 0.909. The van der Waals surface area contributed by atoms with Gasteiger partial charge in [-0.1, -0.05) is 6.07 Å². The minimum atomic E-state index is 0.286. The van der Waals surface area contributed by atoms with Gasteiger partial charge in [0.1, 0.15) is 13.2 Å². The van der Waals surface area contributed by atoms with Gasteiger partial charge in [-0.2, -0.15) is 0 Å². The van der Waals surface area contributed by atoms with Crippen molar-refractivity contribution in [1.82, 2.24) is 4.98 Å². The van der Waals surface area contributed by atoms with Crippen LogP contribution in [0.4, 0.5) is 5.69 Å². The van der Waals surface area contributed by atoms with Crippen LogP contribution in [0.2, 0.25) is 0 Å². The van der Waals surface area contributed by atoms with E-state index in [1.54, 1.807) is 0 Å².